The zero-order chi connectivity index (χ0) is 13.9. The molecule has 18 heavy (non-hydrogen) atoms. The Labute approximate surface area is 114 Å². The zero-order valence-electron chi connectivity index (χ0n) is 9.87. The van der Waals surface area contributed by atoms with Crippen molar-refractivity contribution in [2.24, 2.45) is 5.92 Å². The number of carbonyl (C=O) groups is 1. The summed E-state index contributed by atoms with van der Waals surface area (Å²) in [6, 6.07) is 2.23. The molecule has 0 spiro atoms. The van der Waals surface area contributed by atoms with Crippen molar-refractivity contribution in [1.29, 1.82) is 0 Å². The van der Waals surface area contributed by atoms with Gasteiger partial charge in [-0.25, -0.2) is 0 Å². The number of carbonyl (C=O) groups excluding carboxylic acids is 1. The van der Waals surface area contributed by atoms with Crippen molar-refractivity contribution in [2.45, 2.75) is 13.8 Å². The molecule has 0 aromatic heterocycles. The van der Waals surface area contributed by atoms with Gasteiger partial charge in [0, 0.05) is 18.7 Å². The highest BCUT2D eigenvalue weighted by molar-refractivity contribution is 6.44. The number of nitrogens with zero attached hydrogens (tertiary/aromatic N) is 1. The highest BCUT2D eigenvalue weighted by Gasteiger charge is 2.19. The first-order valence-corrected chi connectivity index (χ1v) is 6.00. The van der Waals surface area contributed by atoms with Crippen LogP contribution in [0.15, 0.2) is 12.1 Å². The van der Waals surface area contributed by atoms with E-state index in [4.69, 9.17) is 23.2 Å². The predicted molar refractivity (Wildman–Crippen MR) is 70.3 cm³/mol. The summed E-state index contributed by atoms with van der Waals surface area (Å²) in [4.78, 5) is 21.9. The smallest absolute Gasteiger partial charge is 0.271 e. The molecule has 1 N–H and O–H groups in total. The number of nitro groups is 1. The van der Waals surface area contributed by atoms with E-state index >= 15 is 0 Å². The molecular formula is C11H12Cl2N2O3. The maximum atomic E-state index is 11.8. The zero-order valence-corrected chi connectivity index (χ0v) is 11.4. The predicted octanol–water partition coefficient (Wildman–Crippen LogP) is 3.29. The normalized spacial score (nSPS) is 10.5. The Morgan fingerprint density at radius 3 is 2.56 bits per heavy atom. The molecule has 0 atom stereocenters. The Morgan fingerprint density at radius 2 is 2.06 bits per heavy atom. The number of nitro benzene ring substituents is 1. The van der Waals surface area contributed by atoms with Gasteiger partial charge < -0.3 is 5.32 Å². The fourth-order valence-electron chi connectivity index (χ4n) is 1.24. The summed E-state index contributed by atoms with van der Waals surface area (Å²) in [5.74, 6) is -0.207. The number of amides is 1. The summed E-state index contributed by atoms with van der Waals surface area (Å²) in [6.07, 6.45) is 0. The molecule has 0 aliphatic carbocycles. The summed E-state index contributed by atoms with van der Waals surface area (Å²) in [6.45, 7) is 4.32. The lowest BCUT2D eigenvalue weighted by Crippen LogP contribution is -2.27. The van der Waals surface area contributed by atoms with Crippen LogP contribution in [0.5, 0.6) is 0 Å². The van der Waals surface area contributed by atoms with E-state index in [1.807, 2.05) is 13.8 Å². The summed E-state index contributed by atoms with van der Waals surface area (Å²) < 4.78 is 0. The summed E-state index contributed by atoms with van der Waals surface area (Å²) in [5, 5.41) is 13.3. The van der Waals surface area contributed by atoms with Crippen LogP contribution in [0.4, 0.5) is 5.69 Å². The van der Waals surface area contributed by atoms with Crippen LogP contribution >= 0.6 is 23.2 Å². The van der Waals surface area contributed by atoms with Crippen LogP contribution in [0, 0.1) is 16.0 Å². The molecule has 0 heterocycles. The Hall–Kier alpha value is -1.33. The Balaban J connectivity index is 3.07. The average Bonchev–Trinajstić information content (AvgIpc) is 2.29. The lowest BCUT2D eigenvalue weighted by atomic mass is 10.1. The molecule has 1 rings (SSSR count). The van der Waals surface area contributed by atoms with E-state index in [1.54, 1.807) is 0 Å². The van der Waals surface area contributed by atoms with Gasteiger partial charge in [-0.15, -0.1) is 0 Å². The third kappa shape index (κ3) is 3.58. The highest BCUT2D eigenvalue weighted by atomic mass is 35.5. The number of hydrogen-bond acceptors (Lipinski definition) is 3. The quantitative estimate of drug-likeness (QED) is 0.683. The molecule has 0 bridgehead atoms. The average molecular weight is 291 g/mol. The first-order chi connectivity index (χ1) is 8.32. The second-order valence-electron chi connectivity index (χ2n) is 4.15. The van der Waals surface area contributed by atoms with Gasteiger partial charge in [0.25, 0.3) is 11.6 Å². The van der Waals surface area contributed by atoms with Crippen molar-refractivity contribution < 1.29 is 9.72 Å². The van der Waals surface area contributed by atoms with Gasteiger partial charge in [0.15, 0.2) is 0 Å². The maximum absolute atomic E-state index is 11.8. The van der Waals surface area contributed by atoms with Crippen molar-refractivity contribution in [3.8, 4) is 0 Å². The van der Waals surface area contributed by atoms with Gasteiger partial charge in [-0.3, -0.25) is 14.9 Å². The highest BCUT2D eigenvalue weighted by Crippen LogP contribution is 2.30. The molecule has 98 valence electrons. The second kappa shape index (κ2) is 6.02. The molecular weight excluding hydrogens is 279 g/mol. The van der Waals surface area contributed by atoms with Crippen LogP contribution in [0.1, 0.15) is 24.2 Å². The molecule has 0 aliphatic rings. The standard InChI is InChI=1S/C11H12Cl2N2O3/c1-6(2)5-14-11(16)8-3-7(15(17)18)4-9(12)10(8)13/h3-4,6H,5H2,1-2H3,(H,14,16). The summed E-state index contributed by atoms with van der Waals surface area (Å²) >= 11 is 11.6. The van der Waals surface area contributed by atoms with Crippen LogP contribution in [-0.2, 0) is 0 Å². The van der Waals surface area contributed by atoms with E-state index in [2.05, 4.69) is 5.32 Å². The van der Waals surface area contributed by atoms with Crippen LogP contribution in [-0.4, -0.2) is 17.4 Å². The van der Waals surface area contributed by atoms with E-state index in [-0.39, 0.29) is 27.2 Å². The van der Waals surface area contributed by atoms with Crippen molar-refractivity contribution in [1.82, 2.24) is 5.32 Å². The van der Waals surface area contributed by atoms with E-state index < -0.39 is 10.8 Å². The molecule has 0 saturated heterocycles. The van der Waals surface area contributed by atoms with Crippen LogP contribution in [0.25, 0.3) is 0 Å². The van der Waals surface area contributed by atoms with Crippen LogP contribution in [0.3, 0.4) is 0 Å². The molecule has 7 heteroatoms. The van der Waals surface area contributed by atoms with Gasteiger partial charge >= 0.3 is 0 Å². The van der Waals surface area contributed by atoms with E-state index in [9.17, 15) is 14.9 Å². The molecule has 5 nitrogen and oxygen atoms in total. The number of rotatable bonds is 4. The monoisotopic (exact) mass is 290 g/mol. The van der Waals surface area contributed by atoms with Gasteiger partial charge in [-0.1, -0.05) is 37.0 Å². The second-order valence-corrected chi connectivity index (χ2v) is 4.94. The van der Waals surface area contributed by atoms with Crippen LogP contribution in [0.2, 0.25) is 10.0 Å². The molecule has 0 saturated carbocycles. The largest absolute Gasteiger partial charge is 0.352 e. The van der Waals surface area contributed by atoms with E-state index in [0.29, 0.717) is 6.54 Å². The van der Waals surface area contributed by atoms with Crippen molar-refractivity contribution >= 4 is 34.8 Å². The fourth-order valence-corrected chi connectivity index (χ4v) is 1.65. The molecule has 1 aromatic carbocycles. The van der Waals surface area contributed by atoms with Gasteiger partial charge in [0.2, 0.25) is 0 Å². The Morgan fingerprint density at radius 1 is 1.44 bits per heavy atom. The first kappa shape index (κ1) is 14.7. The molecule has 0 fully saturated rings. The summed E-state index contributed by atoms with van der Waals surface area (Å²) in [7, 11) is 0. The third-order valence-electron chi connectivity index (χ3n) is 2.14. The molecule has 0 unspecified atom stereocenters. The van der Waals surface area contributed by atoms with Crippen molar-refractivity contribution in [3.05, 3.63) is 37.9 Å². The van der Waals surface area contributed by atoms with Crippen LogP contribution < -0.4 is 5.32 Å². The number of nitrogens with one attached hydrogen (secondary N) is 1. The van der Waals surface area contributed by atoms with Gasteiger partial charge in [0.1, 0.15) is 0 Å². The minimum absolute atomic E-state index is 0.0107. The maximum Gasteiger partial charge on any atom is 0.271 e. The lowest BCUT2D eigenvalue weighted by molar-refractivity contribution is -0.384. The molecule has 0 aliphatic heterocycles. The van der Waals surface area contributed by atoms with Gasteiger partial charge in [0.05, 0.1) is 20.5 Å². The molecule has 0 radical (unpaired) electrons. The summed E-state index contributed by atoms with van der Waals surface area (Å²) in [5.41, 5.74) is -0.254. The van der Waals surface area contributed by atoms with Gasteiger partial charge in [-0.05, 0) is 5.92 Å². The minimum atomic E-state index is -0.624. The SMILES string of the molecule is CC(C)CNC(=O)c1cc([N+](=O)[O-])cc(Cl)c1Cl. The number of non-ortho nitro benzene ring substituents is 1. The molecule has 1 amide bonds. The molecule has 1 aromatic rings. The Bertz CT molecular complexity index is 489. The topological polar surface area (TPSA) is 72.2 Å². The van der Waals surface area contributed by atoms with E-state index in [1.165, 1.54) is 0 Å². The first-order valence-electron chi connectivity index (χ1n) is 5.24. The lowest BCUT2D eigenvalue weighted by Gasteiger charge is -2.09. The number of benzene rings is 1. The third-order valence-corrected chi connectivity index (χ3v) is 2.94. The fraction of sp³-hybridized carbons (Fsp3) is 0.364. The Kier molecular flexibility index (Phi) is 4.93. The number of hydrogen-bond donors (Lipinski definition) is 1. The van der Waals surface area contributed by atoms with Crippen molar-refractivity contribution in [3.63, 3.8) is 0 Å². The van der Waals surface area contributed by atoms with E-state index in [0.717, 1.165) is 12.1 Å². The van der Waals surface area contributed by atoms with Crippen molar-refractivity contribution in [2.75, 3.05) is 6.54 Å². The minimum Gasteiger partial charge on any atom is -0.352 e. The number of halogens is 2. The van der Waals surface area contributed by atoms with Gasteiger partial charge in [-0.2, -0.15) is 0 Å².